The van der Waals surface area contributed by atoms with Crippen molar-refractivity contribution in [3.05, 3.63) is 0 Å². The number of nitriles is 1. The second kappa shape index (κ2) is 4.13. The first-order chi connectivity index (χ1) is 6.19. The average Bonchev–Trinajstić information content (AvgIpc) is 2.17. The molecule has 1 heterocycles. The number of amides is 1. The number of methoxy groups -OCH3 is 1. The second-order valence-corrected chi connectivity index (χ2v) is 3.37. The lowest BCUT2D eigenvalue weighted by molar-refractivity contribution is 0.0859. The molecule has 0 saturated carbocycles. The van der Waals surface area contributed by atoms with Crippen LogP contribution in [0.5, 0.6) is 0 Å². The number of hydrogen-bond donors (Lipinski definition) is 0. The Morgan fingerprint density at radius 3 is 2.85 bits per heavy atom. The van der Waals surface area contributed by atoms with Crippen molar-refractivity contribution < 1.29 is 9.53 Å². The molecule has 0 aromatic heterocycles. The molecular formula is C9H14N2O2. The van der Waals surface area contributed by atoms with Crippen molar-refractivity contribution in [2.24, 2.45) is 5.92 Å². The van der Waals surface area contributed by atoms with Crippen LogP contribution >= 0.6 is 0 Å². The van der Waals surface area contributed by atoms with Crippen LogP contribution < -0.4 is 0 Å². The second-order valence-electron chi connectivity index (χ2n) is 3.37. The summed E-state index contributed by atoms with van der Waals surface area (Å²) in [6.45, 7) is 2.48. The summed E-state index contributed by atoms with van der Waals surface area (Å²) < 4.78 is 4.63. The van der Waals surface area contributed by atoms with Gasteiger partial charge in [0, 0.05) is 12.6 Å². The van der Waals surface area contributed by atoms with Gasteiger partial charge in [-0.1, -0.05) is 0 Å². The monoisotopic (exact) mass is 182 g/mol. The fraction of sp³-hybridized carbons (Fsp3) is 0.778. The van der Waals surface area contributed by atoms with E-state index in [9.17, 15) is 4.79 Å². The maximum Gasteiger partial charge on any atom is 0.409 e. The van der Waals surface area contributed by atoms with Gasteiger partial charge in [0.15, 0.2) is 0 Å². The van der Waals surface area contributed by atoms with Gasteiger partial charge in [0.05, 0.1) is 19.1 Å². The fourth-order valence-corrected chi connectivity index (χ4v) is 1.58. The van der Waals surface area contributed by atoms with E-state index in [1.165, 1.54) is 7.11 Å². The highest BCUT2D eigenvalue weighted by Crippen LogP contribution is 2.21. The predicted molar refractivity (Wildman–Crippen MR) is 46.9 cm³/mol. The zero-order valence-corrected chi connectivity index (χ0v) is 7.99. The molecule has 2 atom stereocenters. The molecule has 13 heavy (non-hydrogen) atoms. The minimum atomic E-state index is -0.326. The highest BCUT2D eigenvalue weighted by atomic mass is 16.5. The molecule has 1 rings (SSSR count). The summed E-state index contributed by atoms with van der Waals surface area (Å²) in [5.74, 6) is -0.0321. The SMILES string of the molecule is COC(=O)N1CC(C#N)CCC1C. The van der Waals surface area contributed by atoms with Crippen molar-refractivity contribution in [2.75, 3.05) is 13.7 Å². The molecule has 0 N–H and O–H groups in total. The summed E-state index contributed by atoms with van der Waals surface area (Å²) >= 11 is 0. The molecule has 0 bridgehead atoms. The minimum absolute atomic E-state index is 0.0321. The van der Waals surface area contributed by atoms with Gasteiger partial charge in [-0.05, 0) is 19.8 Å². The van der Waals surface area contributed by atoms with Gasteiger partial charge in [0.2, 0.25) is 0 Å². The zero-order chi connectivity index (χ0) is 9.84. The lowest BCUT2D eigenvalue weighted by Gasteiger charge is -2.34. The van der Waals surface area contributed by atoms with Crippen molar-refractivity contribution in [1.82, 2.24) is 4.90 Å². The van der Waals surface area contributed by atoms with Gasteiger partial charge in [-0.3, -0.25) is 0 Å². The molecule has 1 fully saturated rings. The molecule has 2 unspecified atom stereocenters. The molecule has 1 aliphatic heterocycles. The largest absolute Gasteiger partial charge is 0.453 e. The quantitative estimate of drug-likeness (QED) is 0.568. The number of carbonyl (C=O) groups is 1. The van der Waals surface area contributed by atoms with E-state index < -0.39 is 0 Å². The third-order valence-corrected chi connectivity index (χ3v) is 2.47. The average molecular weight is 182 g/mol. The van der Waals surface area contributed by atoms with Gasteiger partial charge in [0.25, 0.3) is 0 Å². The van der Waals surface area contributed by atoms with Crippen LogP contribution in [0, 0.1) is 17.2 Å². The zero-order valence-electron chi connectivity index (χ0n) is 7.99. The molecule has 0 aromatic rings. The van der Waals surface area contributed by atoms with Crippen LogP contribution in [0.25, 0.3) is 0 Å². The molecule has 72 valence electrons. The lowest BCUT2D eigenvalue weighted by atomic mass is 9.95. The Hall–Kier alpha value is -1.24. The van der Waals surface area contributed by atoms with Gasteiger partial charge in [0.1, 0.15) is 0 Å². The molecule has 0 radical (unpaired) electrons. The molecular weight excluding hydrogens is 168 g/mol. The maximum atomic E-state index is 11.2. The van der Waals surface area contributed by atoms with Gasteiger partial charge < -0.3 is 9.64 Å². The van der Waals surface area contributed by atoms with E-state index in [1.54, 1.807) is 4.90 Å². The molecule has 0 aromatic carbocycles. The summed E-state index contributed by atoms with van der Waals surface area (Å²) in [5.41, 5.74) is 0. The van der Waals surface area contributed by atoms with E-state index >= 15 is 0 Å². The topological polar surface area (TPSA) is 53.3 Å². The third-order valence-electron chi connectivity index (χ3n) is 2.47. The summed E-state index contributed by atoms with van der Waals surface area (Å²) in [6, 6.07) is 2.38. The van der Waals surface area contributed by atoms with Crippen LogP contribution in [0.2, 0.25) is 0 Å². The third kappa shape index (κ3) is 2.11. The van der Waals surface area contributed by atoms with Gasteiger partial charge in [-0.25, -0.2) is 4.79 Å². The summed E-state index contributed by atoms with van der Waals surface area (Å²) in [7, 11) is 1.37. The van der Waals surface area contributed by atoms with Crippen LogP contribution in [0.15, 0.2) is 0 Å². The maximum absolute atomic E-state index is 11.2. The van der Waals surface area contributed by atoms with E-state index in [0.29, 0.717) is 6.54 Å². The first-order valence-corrected chi connectivity index (χ1v) is 4.43. The van der Waals surface area contributed by atoms with Gasteiger partial charge >= 0.3 is 6.09 Å². The van der Waals surface area contributed by atoms with E-state index in [-0.39, 0.29) is 18.1 Å². The number of hydrogen-bond acceptors (Lipinski definition) is 3. The molecule has 4 heteroatoms. The predicted octanol–water partition coefficient (Wildman–Crippen LogP) is 1.38. The highest BCUT2D eigenvalue weighted by Gasteiger charge is 2.29. The number of likely N-dealkylation sites (tertiary alicyclic amines) is 1. The Bertz CT molecular complexity index is 234. The number of ether oxygens (including phenoxy) is 1. The highest BCUT2D eigenvalue weighted by molar-refractivity contribution is 5.68. The van der Waals surface area contributed by atoms with Gasteiger partial charge in [-0.15, -0.1) is 0 Å². The van der Waals surface area contributed by atoms with Crippen LogP contribution in [0.3, 0.4) is 0 Å². The van der Waals surface area contributed by atoms with E-state index in [4.69, 9.17) is 5.26 Å². The smallest absolute Gasteiger partial charge is 0.409 e. The van der Waals surface area contributed by atoms with E-state index in [1.807, 2.05) is 6.92 Å². The fourth-order valence-electron chi connectivity index (χ4n) is 1.58. The summed E-state index contributed by atoms with van der Waals surface area (Å²) in [6.07, 6.45) is 1.44. The summed E-state index contributed by atoms with van der Waals surface area (Å²) in [5, 5.41) is 8.72. The Balaban J connectivity index is 2.61. The molecule has 0 spiro atoms. The van der Waals surface area contributed by atoms with E-state index in [0.717, 1.165) is 12.8 Å². The molecule has 4 nitrogen and oxygen atoms in total. The Morgan fingerprint density at radius 1 is 1.62 bits per heavy atom. The summed E-state index contributed by atoms with van der Waals surface area (Å²) in [4.78, 5) is 12.9. The van der Waals surface area contributed by atoms with Crippen molar-refractivity contribution in [3.8, 4) is 6.07 Å². The number of carbonyl (C=O) groups excluding carboxylic acids is 1. The van der Waals surface area contributed by atoms with Crippen molar-refractivity contribution in [1.29, 1.82) is 5.26 Å². The molecule has 0 aliphatic carbocycles. The van der Waals surface area contributed by atoms with Crippen LogP contribution in [-0.4, -0.2) is 30.7 Å². The van der Waals surface area contributed by atoms with Crippen LogP contribution in [-0.2, 0) is 4.74 Å². The molecule has 1 amide bonds. The van der Waals surface area contributed by atoms with Crippen molar-refractivity contribution in [3.63, 3.8) is 0 Å². The van der Waals surface area contributed by atoms with Crippen LogP contribution in [0.4, 0.5) is 4.79 Å². The number of piperidine rings is 1. The molecule has 1 saturated heterocycles. The Labute approximate surface area is 78.1 Å². The first-order valence-electron chi connectivity index (χ1n) is 4.43. The van der Waals surface area contributed by atoms with Crippen molar-refractivity contribution >= 4 is 6.09 Å². The first kappa shape index (κ1) is 9.85. The normalized spacial score (nSPS) is 27.9. The van der Waals surface area contributed by atoms with Crippen LogP contribution in [0.1, 0.15) is 19.8 Å². The Kier molecular flexibility index (Phi) is 3.13. The minimum Gasteiger partial charge on any atom is -0.453 e. The number of nitrogens with zero attached hydrogens (tertiary/aromatic N) is 2. The lowest BCUT2D eigenvalue weighted by Crippen LogP contribution is -2.45. The van der Waals surface area contributed by atoms with Gasteiger partial charge in [-0.2, -0.15) is 5.26 Å². The Morgan fingerprint density at radius 2 is 2.31 bits per heavy atom. The number of rotatable bonds is 0. The van der Waals surface area contributed by atoms with Crippen molar-refractivity contribution in [2.45, 2.75) is 25.8 Å². The molecule has 1 aliphatic rings. The van der Waals surface area contributed by atoms with E-state index in [2.05, 4.69) is 10.8 Å². The standard InChI is InChI=1S/C9H14N2O2/c1-7-3-4-8(5-10)6-11(7)9(12)13-2/h7-8H,3-4,6H2,1-2H3.